The van der Waals surface area contributed by atoms with E-state index in [0.717, 1.165) is 35.1 Å². The van der Waals surface area contributed by atoms with Crippen LogP contribution >= 0.6 is 0 Å². The van der Waals surface area contributed by atoms with Crippen LogP contribution in [0.4, 0.5) is 4.79 Å². The lowest BCUT2D eigenvalue weighted by molar-refractivity contribution is -0.262. The van der Waals surface area contributed by atoms with Crippen molar-refractivity contribution < 1.29 is 23.1 Å². The molecule has 0 saturated carbocycles. The molecule has 9 heteroatoms. The summed E-state index contributed by atoms with van der Waals surface area (Å²) in [7, 11) is -2.76. The van der Waals surface area contributed by atoms with Crippen LogP contribution in [0.1, 0.15) is 24.0 Å². The number of aromatic nitrogens is 1. The number of hydrogen-bond acceptors (Lipinski definition) is 7. The number of aryl methyl sites for hydroxylation is 1. The van der Waals surface area contributed by atoms with E-state index in [9.17, 15) is 18.3 Å². The Morgan fingerprint density at radius 2 is 1.86 bits per heavy atom. The van der Waals surface area contributed by atoms with Crippen molar-refractivity contribution in [2.45, 2.75) is 30.7 Å². The molecule has 1 amide bonds. The molecule has 2 bridgehead atoms. The van der Waals surface area contributed by atoms with Crippen LogP contribution in [0.15, 0.2) is 65.3 Å². The minimum atomic E-state index is -4.35. The van der Waals surface area contributed by atoms with Crippen molar-refractivity contribution >= 4 is 33.1 Å². The van der Waals surface area contributed by atoms with Crippen LogP contribution in [0.5, 0.6) is 5.75 Å². The molecule has 35 heavy (non-hydrogen) atoms. The number of carbonyl (C=O) groups is 1. The van der Waals surface area contributed by atoms with Crippen molar-refractivity contribution in [1.29, 1.82) is 0 Å². The molecular weight excluding hydrogens is 466 g/mol. The van der Waals surface area contributed by atoms with Gasteiger partial charge in [-0.25, -0.2) is 12.7 Å². The van der Waals surface area contributed by atoms with Gasteiger partial charge < -0.3 is 19.5 Å². The molecule has 1 atom stereocenters. The minimum absolute atomic E-state index is 0.0674. The van der Waals surface area contributed by atoms with Crippen LogP contribution in [0.25, 0.3) is 17.0 Å². The molecule has 3 saturated heterocycles. The largest absolute Gasteiger partial charge is 0.529 e. The van der Waals surface area contributed by atoms with E-state index in [4.69, 9.17) is 4.74 Å². The topological polar surface area (TPSA) is 103 Å². The number of carboxylic acid groups (broad SMARTS) is 1. The number of rotatable bonds is 5. The third kappa shape index (κ3) is 4.10. The highest BCUT2D eigenvalue weighted by Crippen LogP contribution is 2.41. The van der Waals surface area contributed by atoms with Crippen molar-refractivity contribution in [1.82, 2.24) is 14.2 Å². The fourth-order valence-corrected chi connectivity index (χ4v) is 6.62. The Kier molecular flexibility index (Phi) is 5.88. The van der Waals surface area contributed by atoms with Gasteiger partial charge in [0.05, 0.1) is 23.6 Å². The van der Waals surface area contributed by atoms with Crippen molar-refractivity contribution in [2.75, 3.05) is 20.2 Å². The maximum absolute atomic E-state index is 13.6. The summed E-state index contributed by atoms with van der Waals surface area (Å²) in [5, 5.41) is 13.3. The summed E-state index contributed by atoms with van der Waals surface area (Å²) >= 11 is 0. The first-order chi connectivity index (χ1) is 16.8. The van der Waals surface area contributed by atoms with Gasteiger partial charge in [-0.1, -0.05) is 17.7 Å². The first-order valence-corrected chi connectivity index (χ1v) is 12.9. The Bertz CT molecular complexity index is 1410. The van der Waals surface area contributed by atoms with Crippen molar-refractivity contribution in [3.05, 3.63) is 71.6 Å². The van der Waals surface area contributed by atoms with Crippen molar-refractivity contribution in [3.8, 4) is 5.75 Å². The van der Waals surface area contributed by atoms with Crippen LogP contribution in [-0.2, 0) is 10.0 Å². The fraction of sp³-hybridized carbons (Fsp3) is 0.308. The highest BCUT2D eigenvalue weighted by molar-refractivity contribution is 7.89. The SMILES string of the molecule is COc1ccc2nccc(C=C3C(N(C(=O)[O-])S(=O)(=O)c4ccc(C)cc4)C4CCN3CC4)c2c1. The molecule has 0 spiro atoms. The van der Waals surface area contributed by atoms with Crippen LogP contribution in [0, 0.1) is 12.8 Å². The number of hydrogen-bond donors (Lipinski definition) is 0. The van der Waals surface area contributed by atoms with E-state index >= 15 is 0 Å². The second kappa shape index (κ2) is 8.88. The molecule has 8 nitrogen and oxygen atoms in total. The quantitative estimate of drug-likeness (QED) is 0.539. The number of methoxy groups -OCH3 is 1. The zero-order valence-electron chi connectivity index (χ0n) is 19.5. The van der Waals surface area contributed by atoms with Crippen LogP contribution < -0.4 is 9.84 Å². The van der Waals surface area contributed by atoms with E-state index in [-0.39, 0.29) is 10.8 Å². The third-order valence-corrected chi connectivity index (χ3v) is 8.71. The molecule has 4 heterocycles. The van der Waals surface area contributed by atoms with E-state index in [0.29, 0.717) is 28.6 Å². The molecule has 3 fully saturated rings. The predicted octanol–water partition coefficient (Wildman–Crippen LogP) is 3.02. The van der Waals surface area contributed by atoms with E-state index in [1.165, 1.54) is 12.1 Å². The second-order valence-corrected chi connectivity index (χ2v) is 10.8. The summed E-state index contributed by atoms with van der Waals surface area (Å²) < 4.78 is 33.1. The maximum atomic E-state index is 13.6. The third-order valence-electron chi connectivity index (χ3n) is 6.95. The molecule has 3 aliphatic rings. The smallest absolute Gasteiger partial charge is 0.265 e. The first kappa shape index (κ1) is 23.2. The number of nitrogens with zero attached hydrogens (tertiary/aromatic N) is 3. The average Bonchev–Trinajstić information content (AvgIpc) is 2.85. The molecule has 0 radical (unpaired) electrons. The Balaban J connectivity index is 1.66. The van der Waals surface area contributed by atoms with Crippen LogP contribution in [0.3, 0.4) is 0 Å². The van der Waals surface area contributed by atoms with Gasteiger partial charge in [0, 0.05) is 30.4 Å². The number of carbonyl (C=O) groups excluding carboxylic acids is 1. The Labute approximate surface area is 204 Å². The molecular formula is C26H26N3O5S-. The zero-order valence-corrected chi connectivity index (χ0v) is 20.4. The predicted molar refractivity (Wildman–Crippen MR) is 130 cm³/mol. The number of pyridine rings is 1. The van der Waals surface area contributed by atoms with E-state index in [1.54, 1.807) is 25.4 Å². The van der Waals surface area contributed by atoms with Crippen LogP contribution in [0.2, 0.25) is 0 Å². The van der Waals surface area contributed by atoms with Gasteiger partial charge in [-0.05, 0) is 73.7 Å². The van der Waals surface area contributed by atoms with Gasteiger partial charge in [0.2, 0.25) is 0 Å². The normalized spacial score (nSPS) is 20.9. The van der Waals surface area contributed by atoms with Gasteiger partial charge in [0.25, 0.3) is 10.0 Å². The highest BCUT2D eigenvalue weighted by atomic mass is 32.2. The van der Waals surface area contributed by atoms with E-state index in [2.05, 4.69) is 9.88 Å². The highest BCUT2D eigenvalue weighted by Gasteiger charge is 2.45. The summed E-state index contributed by atoms with van der Waals surface area (Å²) in [4.78, 5) is 18.9. The molecule has 2 aromatic carbocycles. The lowest BCUT2D eigenvalue weighted by Crippen LogP contribution is -2.60. The number of sulfonamides is 1. The Hall–Kier alpha value is -3.59. The lowest BCUT2D eigenvalue weighted by Gasteiger charge is -2.51. The zero-order chi connectivity index (χ0) is 24.7. The average molecular weight is 493 g/mol. The Morgan fingerprint density at radius 1 is 1.14 bits per heavy atom. The first-order valence-electron chi connectivity index (χ1n) is 11.5. The van der Waals surface area contributed by atoms with Crippen molar-refractivity contribution in [3.63, 3.8) is 0 Å². The lowest BCUT2D eigenvalue weighted by atomic mass is 9.81. The molecule has 1 unspecified atom stereocenters. The van der Waals surface area contributed by atoms with Gasteiger partial charge in [0.15, 0.2) is 6.09 Å². The van der Waals surface area contributed by atoms with Gasteiger partial charge in [0.1, 0.15) is 5.75 Å². The monoisotopic (exact) mass is 492 g/mol. The molecule has 182 valence electrons. The van der Waals surface area contributed by atoms with E-state index < -0.39 is 22.2 Å². The van der Waals surface area contributed by atoms with Gasteiger partial charge in [-0.3, -0.25) is 4.98 Å². The number of amides is 1. The maximum Gasteiger partial charge on any atom is 0.265 e. The molecule has 3 aliphatic heterocycles. The molecule has 3 aromatic rings. The second-order valence-electron chi connectivity index (χ2n) is 9.00. The minimum Gasteiger partial charge on any atom is -0.529 e. The number of piperidine rings is 3. The summed E-state index contributed by atoms with van der Waals surface area (Å²) in [6.07, 6.45) is 3.27. The molecule has 0 N–H and O–H groups in total. The van der Waals surface area contributed by atoms with Crippen molar-refractivity contribution in [2.24, 2.45) is 5.92 Å². The van der Waals surface area contributed by atoms with E-state index in [1.807, 2.05) is 37.3 Å². The molecule has 6 rings (SSSR count). The van der Waals surface area contributed by atoms with Gasteiger partial charge in [-0.15, -0.1) is 0 Å². The number of ether oxygens (including phenoxy) is 1. The van der Waals surface area contributed by atoms with Gasteiger partial charge in [-0.2, -0.15) is 0 Å². The molecule has 1 aromatic heterocycles. The summed E-state index contributed by atoms with van der Waals surface area (Å²) in [5.41, 5.74) is 3.11. The summed E-state index contributed by atoms with van der Waals surface area (Å²) in [6, 6.07) is 12.7. The standard InChI is InChI=1S/C26H27N3O5S/c1-17-3-6-21(7-4-17)35(32,33)29(26(30)31)25-18-10-13-28(14-11-18)24(25)15-19-9-12-27-23-8-5-20(34-2)16-22(19)23/h3-9,12,15-16,18,25H,10-11,13-14H2,1-2H3,(H,30,31)/p-1. The number of fused-ring (bicyclic) bond motifs is 4. The fourth-order valence-electron chi connectivity index (χ4n) is 5.13. The molecule has 0 aliphatic carbocycles. The van der Waals surface area contributed by atoms with Crippen LogP contribution in [-0.4, -0.2) is 54.9 Å². The summed E-state index contributed by atoms with van der Waals surface area (Å²) in [5.74, 6) is 0.539. The Morgan fingerprint density at radius 3 is 2.51 bits per heavy atom. The number of benzene rings is 2. The summed E-state index contributed by atoms with van der Waals surface area (Å²) in [6.45, 7) is 3.32. The van der Waals surface area contributed by atoms with Gasteiger partial charge >= 0.3 is 0 Å².